The number of carbonyl (C=O) groups is 2. The summed E-state index contributed by atoms with van der Waals surface area (Å²) in [5.41, 5.74) is 0.436. The second-order valence-electron chi connectivity index (χ2n) is 8.66. The number of allylic oxidation sites excluding steroid dienone is 1. The molecule has 0 unspecified atom stereocenters. The quantitative estimate of drug-likeness (QED) is 0.734. The Morgan fingerprint density at radius 2 is 1.96 bits per heavy atom. The van der Waals surface area contributed by atoms with Crippen LogP contribution in [-0.2, 0) is 9.59 Å². The highest BCUT2D eigenvalue weighted by molar-refractivity contribution is 5.88. The van der Waals surface area contributed by atoms with Crippen molar-refractivity contribution in [3.05, 3.63) is 11.6 Å². The highest BCUT2D eigenvalue weighted by Crippen LogP contribution is 2.62. The lowest BCUT2D eigenvalue weighted by molar-refractivity contribution is -0.139. The summed E-state index contributed by atoms with van der Waals surface area (Å²) >= 11 is 0. The maximum atomic E-state index is 11.8. The lowest BCUT2D eigenvalue weighted by Gasteiger charge is -2.57. The van der Waals surface area contributed by atoms with E-state index in [1.165, 1.54) is 0 Å². The third-order valence-corrected chi connectivity index (χ3v) is 7.14. The standard InChI is InChI=1S/C20H32O4/c1-13(12-17(21)22)8-10-19(3)14(2)9-11-20(4)15(18(23)24)6-5-7-16(19)20/h6,13-14,16H,5,7-12H2,1-4H3,(H,21,22)(H,23,24)/t13-,14-,16+,19+,20+/m1/s1. The summed E-state index contributed by atoms with van der Waals surface area (Å²) in [6.07, 6.45) is 7.89. The van der Waals surface area contributed by atoms with Crippen LogP contribution in [-0.4, -0.2) is 22.2 Å². The predicted octanol–water partition coefficient (Wildman–Crippen LogP) is 4.74. The van der Waals surface area contributed by atoms with Gasteiger partial charge in [0.15, 0.2) is 0 Å². The van der Waals surface area contributed by atoms with Gasteiger partial charge in [0.05, 0.1) is 0 Å². The Bertz CT molecular complexity index is 538. The van der Waals surface area contributed by atoms with Gasteiger partial charge in [0.25, 0.3) is 0 Å². The molecule has 5 atom stereocenters. The molecule has 2 rings (SSSR count). The molecule has 0 aromatic carbocycles. The molecule has 0 bridgehead atoms. The van der Waals surface area contributed by atoms with Gasteiger partial charge >= 0.3 is 11.9 Å². The first-order chi connectivity index (χ1) is 11.1. The van der Waals surface area contributed by atoms with Crippen molar-refractivity contribution in [3.8, 4) is 0 Å². The summed E-state index contributed by atoms with van der Waals surface area (Å²) < 4.78 is 0. The Morgan fingerprint density at radius 3 is 2.54 bits per heavy atom. The van der Waals surface area contributed by atoms with Crippen LogP contribution in [0.2, 0.25) is 0 Å². The van der Waals surface area contributed by atoms with E-state index >= 15 is 0 Å². The smallest absolute Gasteiger partial charge is 0.331 e. The van der Waals surface area contributed by atoms with Crippen molar-refractivity contribution >= 4 is 11.9 Å². The van der Waals surface area contributed by atoms with E-state index in [2.05, 4.69) is 20.8 Å². The molecule has 1 saturated carbocycles. The van der Waals surface area contributed by atoms with Crippen LogP contribution in [0, 0.1) is 28.6 Å². The third kappa shape index (κ3) is 3.38. The molecule has 0 amide bonds. The molecule has 24 heavy (non-hydrogen) atoms. The van der Waals surface area contributed by atoms with Crippen LogP contribution in [0.4, 0.5) is 0 Å². The lowest BCUT2D eigenvalue weighted by Crippen LogP contribution is -2.51. The van der Waals surface area contributed by atoms with Crippen LogP contribution in [0.25, 0.3) is 0 Å². The second-order valence-corrected chi connectivity index (χ2v) is 8.66. The Balaban J connectivity index is 2.23. The van der Waals surface area contributed by atoms with E-state index < -0.39 is 11.9 Å². The fraction of sp³-hybridized carbons (Fsp3) is 0.800. The van der Waals surface area contributed by atoms with Crippen LogP contribution in [0.15, 0.2) is 11.6 Å². The molecule has 2 aliphatic carbocycles. The highest BCUT2D eigenvalue weighted by atomic mass is 16.4. The van der Waals surface area contributed by atoms with Crippen molar-refractivity contribution in [1.29, 1.82) is 0 Å². The molecular formula is C20H32O4. The van der Waals surface area contributed by atoms with E-state index in [0.717, 1.165) is 38.5 Å². The van der Waals surface area contributed by atoms with E-state index in [1.54, 1.807) is 0 Å². The van der Waals surface area contributed by atoms with Crippen LogP contribution in [0.5, 0.6) is 0 Å². The van der Waals surface area contributed by atoms with Gasteiger partial charge in [-0.3, -0.25) is 4.79 Å². The van der Waals surface area contributed by atoms with Gasteiger partial charge in [-0.2, -0.15) is 0 Å². The van der Waals surface area contributed by atoms with Gasteiger partial charge in [0.1, 0.15) is 0 Å². The van der Waals surface area contributed by atoms with Gasteiger partial charge in [-0.25, -0.2) is 4.79 Å². The van der Waals surface area contributed by atoms with Crippen LogP contribution >= 0.6 is 0 Å². The van der Waals surface area contributed by atoms with Crippen molar-refractivity contribution in [1.82, 2.24) is 0 Å². The Kier molecular flexibility index (Phi) is 5.46. The van der Waals surface area contributed by atoms with E-state index in [9.17, 15) is 14.7 Å². The zero-order chi connectivity index (χ0) is 18.1. The minimum Gasteiger partial charge on any atom is -0.481 e. The number of aliphatic carboxylic acids is 2. The molecule has 2 aliphatic rings. The highest BCUT2D eigenvalue weighted by Gasteiger charge is 2.55. The summed E-state index contributed by atoms with van der Waals surface area (Å²) in [4.78, 5) is 22.7. The monoisotopic (exact) mass is 336 g/mol. The van der Waals surface area contributed by atoms with E-state index in [1.807, 2.05) is 13.0 Å². The van der Waals surface area contributed by atoms with Gasteiger partial charge in [-0.05, 0) is 61.7 Å². The van der Waals surface area contributed by atoms with Crippen molar-refractivity contribution in [2.45, 2.75) is 72.6 Å². The molecule has 0 aromatic rings. The average Bonchev–Trinajstić information content (AvgIpc) is 2.48. The Morgan fingerprint density at radius 1 is 1.29 bits per heavy atom. The fourth-order valence-corrected chi connectivity index (χ4v) is 5.40. The van der Waals surface area contributed by atoms with Crippen molar-refractivity contribution in [3.63, 3.8) is 0 Å². The van der Waals surface area contributed by atoms with Gasteiger partial charge < -0.3 is 10.2 Å². The molecule has 0 spiro atoms. The van der Waals surface area contributed by atoms with Crippen LogP contribution in [0.1, 0.15) is 72.6 Å². The summed E-state index contributed by atoms with van der Waals surface area (Å²) in [7, 11) is 0. The molecule has 0 radical (unpaired) electrons. The van der Waals surface area contributed by atoms with E-state index in [0.29, 0.717) is 17.4 Å². The largest absolute Gasteiger partial charge is 0.481 e. The molecule has 4 heteroatoms. The molecule has 0 heterocycles. The van der Waals surface area contributed by atoms with Gasteiger partial charge in [-0.15, -0.1) is 0 Å². The number of fused-ring (bicyclic) bond motifs is 1. The minimum absolute atomic E-state index is 0.0781. The van der Waals surface area contributed by atoms with Crippen LogP contribution < -0.4 is 0 Å². The van der Waals surface area contributed by atoms with Crippen molar-refractivity contribution in [2.75, 3.05) is 0 Å². The lowest BCUT2D eigenvalue weighted by atomic mass is 9.46. The molecule has 0 aromatic heterocycles. The molecule has 0 aliphatic heterocycles. The first kappa shape index (κ1) is 19.0. The average molecular weight is 336 g/mol. The Hall–Kier alpha value is -1.32. The van der Waals surface area contributed by atoms with E-state index in [4.69, 9.17) is 5.11 Å². The molecule has 4 nitrogen and oxygen atoms in total. The summed E-state index contributed by atoms with van der Waals surface area (Å²) in [5, 5.41) is 18.7. The second kappa shape index (κ2) is 6.89. The molecular weight excluding hydrogens is 304 g/mol. The minimum atomic E-state index is -0.765. The number of rotatable bonds is 6. The number of carboxylic acid groups (broad SMARTS) is 2. The first-order valence-electron chi connectivity index (χ1n) is 9.27. The van der Waals surface area contributed by atoms with Crippen molar-refractivity contribution in [2.24, 2.45) is 28.6 Å². The van der Waals surface area contributed by atoms with Crippen molar-refractivity contribution < 1.29 is 19.8 Å². The summed E-state index contributed by atoms with van der Waals surface area (Å²) in [6.45, 7) is 8.76. The molecule has 1 fully saturated rings. The summed E-state index contributed by atoms with van der Waals surface area (Å²) in [6, 6.07) is 0. The van der Waals surface area contributed by atoms with Crippen LogP contribution in [0.3, 0.4) is 0 Å². The number of carboxylic acids is 2. The van der Waals surface area contributed by atoms with Gasteiger partial charge in [0, 0.05) is 17.4 Å². The molecule has 136 valence electrons. The zero-order valence-electron chi connectivity index (χ0n) is 15.5. The number of hydrogen-bond donors (Lipinski definition) is 2. The summed E-state index contributed by atoms with van der Waals surface area (Å²) in [5.74, 6) is -0.429. The fourth-order valence-electron chi connectivity index (χ4n) is 5.40. The Labute approximate surface area is 145 Å². The number of hydrogen-bond acceptors (Lipinski definition) is 2. The maximum absolute atomic E-state index is 11.8. The maximum Gasteiger partial charge on any atom is 0.331 e. The normalized spacial score (nSPS) is 37.2. The first-order valence-corrected chi connectivity index (χ1v) is 9.27. The predicted molar refractivity (Wildman–Crippen MR) is 93.7 cm³/mol. The van der Waals surface area contributed by atoms with Gasteiger partial charge in [0.2, 0.25) is 0 Å². The van der Waals surface area contributed by atoms with E-state index in [-0.39, 0.29) is 23.2 Å². The van der Waals surface area contributed by atoms with Gasteiger partial charge in [-0.1, -0.05) is 33.8 Å². The molecule has 0 saturated heterocycles. The molecule has 2 N–H and O–H groups in total. The topological polar surface area (TPSA) is 74.6 Å². The zero-order valence-corrected chi connectivity index (χ0v) is 15.5. The SMILES string of the molecule is C[C@H](CC[C@@]1(C)[C@H](C)CC[C@@]2(C)C(C(=O)O)=CCC[C@@H]12)CC(=O)O. The third-order valence-electron chi connectivity index (χ3n) is 7.14.